The zero-order valence-corrected chi connectivity index (χ0v) is 14.7. The van der Waals surface area contributed by atoms with Crippen LogP contribution in [0.2, 0.25) is 0 Å². The predicted molar refractivity (Wildman–Crippen MR) is 102 cm³/mol. The van der Waals surface area contributed by atoms with Crippen molar-refractivity contribution in [3.8, 4) is 11.5 Å². The number of para-hydroxylation sites is 3. The summed E-state index contributed by atoms with van der Waals surface area (Å²) in [6.07, 6.45) is 2.17. The number of ether oxygens (including phenoxy) is 1. The molecular formula is C21H19N3O3. The molecule has 1 aromatic heterocycles. The molecule has 0 unspecified atom stereocenters. The number of hydrogen-bond donors (Lipinski definition) is 1. The van der Waals surface area contributed by atoms with Gasteiger partial charge < -0.3 is 10.1 Å². The third-order valence-corrected chi connectivity index (χ3v) is 4.31. The fourth-order valence-corrected chi connectivity index (χ4v) is 2.77. The zero-order chi connectivity index (χ0) is 18.6. The van der Waals surface area contributed by atoms with E-state index in [1.807, 2.05) is 42.5 Å². The summed E-state index contributed by atoms with van der Waals surface area (Å²) in [6.45, 7) is -0.140. The molecule has 1 aliphatic rings. The van der Waals surface area contributed by atoms with Crippen molar-refractivity contribution in [2.75, 3.05) is 5.32 Å². The average molecular weight is 361 g/mol. The van der Waals surface area contributed by atoms with Crippen LogP contribution >= 0.6 is 0 Å². The first kappa shape index (κ1) is 17.0. The van der Waals surface area contributed by atoms with E-state index >= 15 is 0 Å². The molecule has 0 bridgehead atoms. The van der Waals surface area contributed by atoms with Crippen molar-refractivity contribution in [3.05, 3.63) is 82.8 Å². The van der Waals surface area contributed by atoms with Crippen LogP contribution in [0, 0.1) is 0 Å². The van der Waals surface area contributed by atoms with E-state index in [1.165, 1.54) is 10.7 Å². The van der Waals surface area contributed by atoms with Crippen LogP contribution in [0.25, 0.3) is 0 Å². The molecular weight excluding hydrogens is 342 g/mol. The third kappa shape index (κ3) is 4.23. The monoisotopic (exact) mass is 361 g/mol. The number of aromatic nitrogens is 2. The van der Waals surface area contributed by atoms with Crippen LogP contribution in [0.1, 0.15) is 24.5 Å². The maximum atomic E-state index is 12.5. The second-order valence-corrected chi connectivity index (χ2v) is 6.49. The number of nitrogens with zero attached hydrogens (tertiary/aromatic N) is 2. The molecule has 0 radical (unpaired) electrons. The number of amides is 1. The molecule has 3 aromatic rings. The van der Waals surface area contributed by atoms with Crippen LogP contribution in [0.4, 0.5) is 5.69 Å². The molecule has 0 spiro atoms. The first-order valence-corrected chi connectivity index (χ1v) is 8.89. The predicted octanol–water partition coefficient (Wildman–Crippen LogP) is 3.55. The maximum Gasteiger partial charge on any atom is 0.267 e. The number of carbonyl (C=O) groups excluding carboxylic acids is 1. The van der Waals surface area contributed by atoms with E-state index < -0.39 is 0 Å². The van der Waals surface area contributed by atoms with Gasteiger partial charge in [0.25, 0.3) is 5.56 Å². The van der Waals surface area contributed by atoms with E-state index in [1.54, 1.807) is 18.2 Å². The number of benzene rings is 2. The van der Waals surface area contributed by atoms with Gasteiger partial charge in [0.2, 0.25) is 5.91 Å². The fraction of sp³-hybridized carbons (Fsp3) is 0.190. The first-order chi connectivity index (χ1) is 13.2. The van der Waals surface area contributed by atoms with Crippen LogP contribution in [0.5, 0.6) is 11.5 Å². The molecule has 2 aromatic carbocycles. The van der Waals surface area contributed by atoms with Crippen molar-refractivity contribution >= 4 is 11.6 Å². The Labute approximate surface area is 156 Å². The van der Waals surface area contributed by atoms with E-state index in [2.05, 4.69) is 10.4 Å². The lowest BCUT2D eigenvalue weighted by Gasteiger charge is -2.12. The second kappa shape index (κ2) is 7.45. The van der Waals surface area contributed by atoms with Gasteiger partial charge in [-0.2, -0.15) is 5.10 Å². The third-order valence-electron chi connectivity index (χ3n) is 4.31. The van der Waals surface area contributed by atoms with E-state index in [0.717, 1.165) is 18.5 Å². The normalized spacial score (nSPS) is 13.2. The number of hydrogen-bond acceptors (Lipinski definition) is 4. The SMILES string of the molecule is O=C(Cn1nc(C2CC2)ccc1=O)Nc1ccccc1Oc1ccccc1. The molecule has 1 saturated carbocycles. The Morgan fingerprint density at radius 2 is 1.78 bits per heavy atom. The Bertz CT molecular complexity index is 1010. The topological polar surface area (TPSA) is 73.2 Å². The van der Waals surface area contributed by atoms with Crippen molar-refractivity contribution in [2.24, 2.45) is 0 Å². The molecule has 6 heteroatoms. The van der Waals surface area contributed by atoms with Gasteiger partial charge in [-0.1, -0.05) is 30.3 Å². The molecule has 1 heterocycles. The standard InChI is InChI=1S/C21H19N3O3/c25-20(14-24-21(26)13-12-17(23-24)15-10-11-15)22-18-8-4-5-9-19(18)27-16-6-2-1-3-7-16/h1-9,12-13,15H,10-11,14H2,(H,22,25). The highest BCUT2D eigenvalue weighted by molar-refractivity contribution is 5.92. The Hall–Kier alpha value is -3.41. The molecule has 4 rings (SSSR count). The highest BCUT2D eigenvalue weighted by Gasteiger charge is 2.25. The van der Waals surface area contributed by atoms with E-state index in [0.29, 0.717) is 23.1 Å². The van der Waals surface area contributed by atoms with E-state index in [4.69, 9.17) is 4.74 Å². The molecule has 0 saturated heterocycles. The Kier molecular flexibility index (Phi) is 4.70. The minimum absolute atomic E-state index is 0.140. The molecule has 1 N–H and O–H groups in total. The van der Waals surface area contributed by atoms with Gasteiger partial charge >= 0.3 is 0 Å². The molecule has 1 fully saturated rings. The lowest BCUT2D eigenvalue weighted by molar-refractivity contribution is -0.117. The first-order valence-electron chi connectivity index (χ1n) is 8.89. The second-order valence-electron chi connectivity index (χ2n) is 6.49. The van der Waals surface area contributed by atoms with E-state index in [-0.39, 0.29) is 18.0 Å². The Balaban J connectivity index is 1.49. The summed E-state index contributed by atoms with van der Waals surface area (Å²) in [5, 5.41) is 7.13. The van der Waals surface area contributed by atoms with E-state index in [9.17, 15) is 9.59 Å². The quantitative estimate of drug-likeness (QED) is 0.729. The lowest BCUT2D eigenvalue weighted by atomic mass is 10.2. The van der Waals surface area contributed by atoms with Crippen molar-refractivity contribution in [1.82, 2.24) is 9.78 Å². The van der Waals surface area contributed by atoms with Gasteiger partial charge in [-0.3, -0.25) is 9.59 Å². The van der Waals surface area contributed by atoms with Crippen LogP contribution < -0.4 is 15.6 Å². The maximum absolute atomic E-state index is 12.5. The summed E-state index contributed by atoms with van der Waals surface area (Å²) in [4.78, 5) is 24.5. The Morgan fingerprint density at radius 1 is 1.04 bits per heavy atom. The smallest absolute Gasteiger partial charge is 0.267 e. The molecule has 27 heavy (non-hydrogen) atoms. The van der Waals surface area contributed by atoms with Crippen molar-refractivity contribution in [3.63, 3.8) is 0 Å². The van der Waals surface area contributed by atoms with Crippen LogP contribution in [-0.4, -0.2) is 15.7 Å². The highest BCUT2D eigenvalue weighted by atomic mass is 16.5. The summed E-state index contributed by atoms with van der Waals surface area (Å²) >= 11 is 0. The van der Waals surface area contributed by atoms with Gasteiger partial charge in [-0.25, -0.2) is 4.68 Å². The summed E-state index contributed by atoms with van der Waals surface area (Å²) in [7, 11) is 0. The fourth-order valence-electron chi connectivity index (χ4n) is 2.77. The average Bonchev–Trinajstić information content (AvgIpc) is 3.51. The van der Waals surface area contributed by atoms with Crippen molar-refractivity contribution in [2.45, 2.75) is 25.3 Å². The zero-order valence-electron chi connectivity index (χ0n) is 14.7. The summed E-state index contributed by atoms with van der Waals surface area (Å²) in [6, 6.07) is 19.7. The molecule has 1 amide bonds. The summed E-state index contributed by atoms with van der Waals surface area (Å²) in [5.41, 5.74) is 1.12. The number of nitrogens with one attached hydrogen (secondary N) is 1. The minimum Gasteiger partial charge on any atom is -0.455 e. The summed E-state index contributed by atoms with van der Waals surface area (Å²) < 4.78 is 7.06. The largest absolute Gasteiger partial charge is 0.455 e. The van der Waals surface area contributed by atoms with Gasteiger partial charge in [0.1, 0.15) is 12.3 Å². The molecule has 6 nitrogen and oxygen atoms in total. The van der Waals surface area contributed by atoms with Crippen molar-refractivity contribution < 1.29 is 9.53 Å². The lowest BCUT2D eigenvalue weighted by Crippen LogP contribution is -2.29. The summed E-state index contributed by atoms with van der Waals surface area (Å²) in [5.74, 6) is 1.29. The molecule has 0 atom stereocenters. The van der Waals surface area contributed by atoms with Crippen LogP contribution in [0.3, 0.4) is 0 Å². The van der Waals surface area contributed by atoms with Crippen LogP contribution in [0.15, 0.2) is 71.5 Å². The van der Waals surface area contributed by atoms with Gasteiger partial charge in [0, 0.05) is 12.0 Å². The van der Waals surface area contributed by atoms with Crippen LogP contribution in [-0.2, 0) is 11.3 Å². The minimum atomic E-state index is -0.332. The molecule has 136 valence electrons. The van der Waals surface area contributed by atoms with Gasteiger partial charge in [-0.15, -0.1) is 0 Å². The highest BCUT2D eigenvalue weighted by Crippen LogP contribution is 2.38. The van der Waals surface area contributed by atoms with Crippen molar-refractivity contribution in [1.29, 1.82) is 0 Å². The van der Waals surface area contributed by atoms with Gasteiger partial charge in [-0.05, 0) is 43.2 Å². The molecule has 0 aliphatic heterocycles. The van der Waals surface area contributed by atoms with Gasteiger partial charge in [0.15, 0.2) is 5.75 Å². The number of carbonyl (C=O) groups is 1. The van der Waals surface area contributed by atoms with Gasteiger partial charge in [0.05, 0.1) is 11.4 Å². The number of rotatable bonds is 6. The Morgan fingerprint density at radius 3 is 2.56 bits per heavy atom. The number of anilines is 1. The molecule has 1 aliphatic carbocycles.